The number of nitrogens with zero attached hydrogens (tertiary/aromatic N) is 3. The standard InChI is InChI=1S/C26H25N3O4S/c1-20(33-24-13-11-23(12-14-24)22-9-7-21(19-27)8-10-22)26(30)28-15-17-29(18-16-28)34(31,32)25-5-3-2-4-6-25/h2-14,20H,15-18H2,1H3/t20-/m0/s1. The maximum absolute atomic E-state index is 12.9. The SMILES string of the molecule is C[C@H](Oc1ccc(-c2ccc(C#N)cc2)cc1)C(=O)N1CCN(S(=O)(=O)c2ccccc2)CC1. The minimum absolute atomic E-state index is 0.173. The summed E-state index contributed by atoms with van der Waals surface area (Å²) in [7, 11) is -3.56. The number of carbonyl (C=O) groups is 1. The third-order valence-electron chi connectivity index (χ3n) is 5.79. The van der Waals surface area contributed by atoms with Gasteiger partial charge in [0.05, 0.1) is 16.5 Å². The molecule has 4 rings (SSSR count). The summed E-state index contributed by atoms with van der Waals surface area (Å²) < 4.78 is 32.8. The molecule has 0 bridgehead atoms. The van der Waals surface area contributed by atoms with Crippen molar-refractivity contribution >= 4 is 15.9 Å². The van der Waals surface area contributed by atoms with Crippen LogP contribution in [0.4, 0.5) is 0 Å². The number of sulfonamides is 1. The lowest BCUT2D eigenvalue weighted by Crippen LogP contribution is -2.53. The molecule has 1 aliphatic heterocycles. The second kappa shape index (κ2) is 10.1. The largest absolute Gasteiger partial charge is 0.481 e. The average molecular weight is 476 g/mol. The van der Waals surface area contributed by atoms with Gasteiger partial charge in [0.2, 0.25) is 10.0 Å². The van der Waals surface area contributed by atoms with Crippen molar-refractivity contribution in [2.75, 3.05) is 26.2 Å². The Labute approximate surface area is 199 Å². The Kier molecular flexibility index (Phi) is 6.96. The minimum atomic E-state index is -3.56. The molecule has 0 saturated carbocycles. The molecule has 8 heteroatoms. The molecule has 0 unspecified atom stereocenters. The van der Waals surface area contributed by atoms with Gasteiger partial charge in [-0.3, -0.25) is 4.79 Å². The van der Waals surface area contributed by atoms with Gasteiger partial charge in [-0.05, 0) is 54.4 Å². The monoisotopic (exact) mass is 475 g/mol. The van der Waals surface area contributed by atoms with E-state index in [9.17, 15) is 13.2 Å². The summed E-state index contributed by atoms with van der Waals surface area (Å²) >= 11 is 0. The molecule has 3 aromatic rings. The van der Waals surface area contributed by atoms with E-state index >= 15 is 0 Å². The number of ether oxygens (including phenoxy) is 1. The van der Waals surface area contributed by atoms with E-state index in [0.29, 0.717) is 24.4 Å². The second-order valence-electron chi connectivity index (χ2n) is 8.02. The van der Waals surface area contributed by atoms with Crippen LogP contribution in [0.2, 0.25) is 0 Å². The van der Waals surface area contributed by atoms with Crippen LogP contribution in [0.5, 0.6) is 5.75 Å². The molecule has 174 valence electrons. The van der Waals surface area contributed by atoms with Crippen LogP contribution in [0, 0.1) is 11.3 Å². The lowest BCUT2D eigenvalue weighted by molar-refractivity contribution is -0.139. The first kappa shape index (κ1) is 23.5. The predicted molar refractivity (Wildman–Crippen MR) is 128 cm³/mol. The first-order valence-corrected chi connectivity index (χ1v) is 12.4. The van der Waals surface area contributed by atoms with E-state index in [-0.39, 0.29) is 23.9 Å². The zero-order valence-electron chi connectivity index (χ0n) is 18.8. The van der Waals surface area contributed by atoms with Crippen molar-refractivity contribution in [3.63, 3.8) is 0 Å². The summed E-state index contributed by atoms with van der Waals surface area (Å²) in [5, 5.41) is 8.93. The smallest absolute Gasteiger partial charge is 0.263 e. The van der Waals surface area contributed by atoms with Gasteiger partial charge in [0.1, 0.15) is 5.75 Å². The number of benzene rings is 3. The Bertz CT molecular complexity index is 1280. The summed E-state index contributed by atoms with van der Waals surface area (Å²) in [6.07, 6.45) is -0.696. The molecular formula is C26H25N3O4S. The molecule has 3 aromatic carbocycles. The molecule has 1 saturated heterocycles. The summed E-state index contributed by atoms with van der Waals surface area (Å²) in [4.78, 5) is 14.8. The number of hydrogen-bond acceptors (Lipinski definition) is 5. The molecule has 1 amide bonds. The van der Waals surface area contributed by atoms with E-state index in [1.54, 1.807) is 54.3 Å². The highest BCUT2D eigenvalue weighted by Crippen LogP contribution is 2.24. The van der Waals surface area contributed by atoms with Crippen molar-refractivity contribution in [1.82, 2.24) is 9.21 Å². The van der Waals surface area contributed by atoms with Crippen molar-refractivity contribution in [3.05, 3.63) is 84.4 Å². The number of amides is 1. The highest BCUT2D eigenvalue weighted by Gasteiger charge is 2.31. The Morgan fingerprint density at radius 2 is 1.44 bits per heavy atom. The fourth-order valence-corrected chi connectivity index (χ4v) is 5.31. The summed E-state index contributed by atoms with van der Waals surface area (Å²) in [5.74, 6) is 0.400. The van der Waals surface area contributed by atoms with Gasteiger partial charge in [-0.15, -0.1) is 0 Å². The maximum Gasteiger partial charge on any atom is 0.263 e. The van der Waals surface area contributed by atoms with Crippen LogP contribution < -0.4 is 4.74 Å². The van der Waals surface area contributed by atoms with Crippen molar-refractivity contribution < 1.29 is 17.9 Å². The van der Waals surface area contributed by atoms with E-state index in [2.05, 4.69) is 6.07 Å². The van der Waals surface area contributed by atoms with Gasteiger partial charge < -0.3 is 9.64 Å². The molecule has 0 N–H and O–H groups in total. The van der Waals surface area contributed by atoms with Crippen LogP contribution in [-0.4, -0.2) is 55.8 Å². The number of carbonyl (C=O) groups excluding carboxylic acids is 1. The van der Waals surface area contributed by atoms with Gasteiger partial charge in [0.15, 0.2) is 6.10 Å². The number of rotatable bonds is 6. The van der Waals surface area contributed by atoms with E-state index in [4.69, 9.17) is 10.00 Å². The van der Waals surface area contributed by atoms with Gasteiger partial charge in [-0.1, -0.05) is 42.5 Å². The molecule has 7 nitrogen and oxygen atoms in total. The average Bonchev–Trinajstić information content (AvgIpc) is 2.89. The van der Waals surface area contributed by atoms with Crippen molar-refractivity contribution in [3.8, 4) is 22.9 Å². The fraction of sp³-hybridized carbons (Fsp3) is 0.231. The van der Waals surface area contributed by atoms with Gasteiger partial charge >= 0.3 is 0 Å². The lowest BCUT2D eigenvalue weighted by Gasteiger charge is -2.35. The maximum atomic E-state index is 12.9. The third-order valence-corrected chi connectivity index (χ3v) is 7.71. The van der Waals surface area contributed by atoms with Crippen LogP contribution >= 0.6 is 0 Å². The molecule has 0 radical (unpaired) electrons. The van der Waals surface area contributed by atoms with E-state index in [1.807, 2.05) is 36.4 Å². The number of hydrogen-bond donors (Lipinski definition) is 0. The Morgan fingerprint density at radius 3 is 2.00 bits per heavy atom. The van der Waals surface area contributed by atoms with Crippen molar-refractivity contribution in [1.29, 1.82) is 5.26 Å². The quantitative estimate of drug-likeness (QED) is 0.544. The lowest BCUT2D eigenvalue weighted by atomic mass is 10.0. The van der Waals surface area contributed by atoms with E-state index < -0.39 is 16.1 Å². The van der Waals surface area contributed by atoms with Gasteiger partial charge in [0, 0.05) is 26.2 Å². The topological polar surface area (TPSA) is 90.7 Å². The highest BCUT2D eigenvalue weighted by molar-refractivity contribution is 7.89. The predicted octanol–water partition coefficient (Wildman–Crippen LogP) is 3.53. The third kappa shape index (κ3) is 5.11. The van der Waals surface area contributed by atoms with Crippen LogP contribution in [0.3, 0.4) is 0 Å². The molecule has 0 aliphatic carbocycles. The molecule has 1 fully saturated rings. The first-order chi connectivity index (χ1) is 16.4. The molecule has 1 heterocycles. The van der Waals surface area contributed by atoms with Crippen LogP contribution in [0.15, 0.2) is 83.8 Å². The fourth-order valence-electron chi connectivity index (χ4n) is 3.87. The second-order valence-corrected chi connectivity index (χ2v) is 9.95. The number of nitriles is 1. The summed E-state index contributed by atoms with van der Waals surface area (Å²) in [6, 6.07) is 25.2. The molecule has 34 heavy (non-hydrogen) atoms. The first-order valence-electron chi connectivity index (χ1n) is 11.0. The van der Waals surface area contributed by atoms with Gasteiger partial charge in [-0.25, -0.2) is 8.42 Å². The highest BCUT2D eigenvalue weighted by atomic mass is 32.2. The number of piperazine rings is 1. The van der Waals surface area contributed by atoms with Gasteiger partial charge in [-0.2, -0.15) is 9.57 Å². The molecule has 0 spiro atoms. The van der Waals surface area contributed by atoms with E-state index in [0.717, 1.165) is 11.1 Å². The Balaban J connectivity index is 1.33. The summed E-state index contributed by atoms with van der Waals surface area (Å²) in [5.41, 5.74) is 2.57. The molecule has 1 aliphatic rings. The van der Waals surface area contributed by atoms with Crippen LogP contribution in [0.25, 0.3) is 11.1 Å². The van der Waals surface area contributed by atoms with Crippen LogP contribution in [0.1, 0.15) is 12.5 Å². The Morgan fingerprint density at radius 1 is 0.882 bits per heavy atom. The van der Waals surface area contributed by atoms with Gasteiger partial charge in [0.25, 0.3) is 5.91 Å². The van der Waals surface area contributed by atoms with Crippen LogP contribution in [-0.2, 0) is 14.8 Å². The molecule has 0 aromatic heterocycles. The normalized spacial score (nSPS) is 15.4. The minimum Gasteiger partial charge on any atom is -0.481 e. The zero-order chi connectivity index (χ0) is 24.1. The van der Waals surface area contributed by atoms with Crippen molar-refractivity contribution in [2.24, 2.45) is 0 Å². The van der Waals surface area contributed by atoms with Crippen molar-refractivity contribution in [2.45, 2.75) is 17.9 Å². The zero-order valence-corrected chi connectivity index (χ0v) is 19.6. The summed E-state index contributed by atoms with van der Waals surface area (Å²) in [6.45, 7) is 2.82. The van der Waals surface area contributed by atoms with E-state index in [1.165, 1.54) is 4.31 Å². The Hall–Kier alpha value is -3.67. The molecule has 1 atom stereocenters. The molecular weight excluding hydrogens is 450 g/mol.